The largest absolute Gasteiger partial charge is 0.573 e. The number of phenols is 1. The molecule has 0 radical (unpaired) electrons. The lowest BCUT2D eigenvalue weighted by Crippen LogP contribution is -2.27. The van der Waals surface area contributed by atoms with Crippen molar-refractivity contribution < 1.29 is 23.0 Å². The van der Waals surface area contributed by atoms with Crippen LogP contribution in [0.4, 0.5) is 19.1 Å². The molecule has 1 aromatic heterocycles. The van der Waals surface area contributed by atoms with Gasteiger partial charge in [-0.1, -0.05) is 25.1 Å². The van der Waals surface area contributed by atoms with Crippen molar-refractivity contribution >= 4 is 5.95 Å². The smallest absolute Gasteiger partial charge is 0.508 e. The highest BCUT2D eigenvalue weighted by molar-refractivity contribution is 5.42. The first-order valence-corrected chi connectivity index (χ1v) is 10.3. The Morgan fingerprint density at radius 2 is 1.72 bits per heavy atom. The van der Waals surface area contributed by atoms with Crippen LogP contribution < -0.4 is 9.64 Å². The van der Waals surface area contributed by atoms with Gasteiger partial charge >= 0.3 is 6.36 Å². The van der Waals surface area contributed by atoms with Crippen LogP contribution in [0.15, 0.2) is 48.8 Å². The highest BCUT2D eigenvalue weighted by atomic mass is 19.4. The molecule has 0 bridgehead atoms. The Morgan fingerprint density at radius 3 is 2.38 bits per heavy atom. The van der Waals surface area contributed by atoms with Crippen LogP contribution in [0.3, 0.4) is 0 Å². The normalized spacial score (nSPS) is 11.4. The SMILES string of the molecule is CCc1cnc(N(CCc2cc(C)c(O)cc2C)Cc2cccc(OC(F)(F)F)c2)nc1. The predicted octanol–water partition coefficient (Wildman–Crippen LogP) is 5.51. The first-order valence-electron chi connectivity index (χ1n) is 10.3. The van der Waals surface area contributed by atoms with E-state index in [0.29, 0.717) is 31.0 Å². The molecule has 8 heteroatoms. The van der Waals surface area contributed by atoms with Gasteiger partial charge in [-0.25, -0.2) is 9.97 Å². The van der Waals surface area contributed by atoms with Crippen molar-refractivity contribution in [1.29, 1.82) is 0 Å². The predicted molar refractivity (Wildman–Crippen MR) is 117 cm³/mol. The molecule has 0 amide bonds. The van der Waals surface area contributed by atoms with Gasteiger partial charge < -0.3 is 14.7 Å². The molecule has 1 heterocycles. The van der Waals surface area contributed by atoms with Gasteiger partial charge in [0.15, 0.2) is 0 Å². The number of halogens is 3. The zero-order valence-corrected chi connectivity index (χ0v) is 18.3. The Bertz CT molecular complexity index is 1050. The maximum absolute atomic E-state index is 12.6. The van der Waals surface area contributed by atoms with E-state index in [-0.39, 0.29) is 11.5 Å². The average molecular weight is 445 g/mol. The molecule has 0 aliphatic rings. The van der Waals surface area contributed by atoms with Crippen LogP contribution in [0.25, 0.3) is 0 Å². The van der Waals surface area contributed by atoms with E-state index in [1.165, 1.54) is 18.2 Å². The Hall–Kier alpha value is -3.29. The Balaban J connectivity index is 1.84. The number of alkyl halides is 3. The minimum atomic E-state index is -4.74. The van der Waals surface area contributed by atoms with Crippen molar-refractivity contribution in [2.75, 3.05) is 11.4 Å². The number of aryl methyl sites for hydroxylation is 3. The van der Waals surface area contributed by atoms with Crippen molar-refractivity contribution in [3.63, 3.8) is 0 Å². The molecule has 0 aliphatic heterocycles. The molecule has 170 valence electrons. The molecular weight excluding hydrogens is 419 g/mol. The summed E-state index contributed by atoms with van der Waals surface area (Å²) in [6.45, 7) is 6.65. The highest BCUT2D eigenvalue weighted by Gasteiger charge is 2.31. The van der Waals surface area contributed by atoms with Crippen LogP contribution in [-0.2, 0) is 19.4 Å². The number of benzene rings is 2. The summed E-state index contributed by atoms with van der Waals surface area (Å²) < 4.78 is 41.9. The third-order valence-electron chi connectivity index (χ3n) is 5.19. The molecule has 0 atom stereocenters. The maximum atomic E-state index is 12.6. The standard InChI is InChI=1S/C24H26F3N3O2/c1-4-18-13-28-23(29-14-18)30(9-8-20-10-17(3)22(31)11-16(20)2)15-19-6-5-7-21(12-19)32-24(25,26)27/h5-7,10-14,31H,4,8-9,15H2,1-3H3. The Morgan fingerprint density at radius 1 is 1.00 bits per heavy atom. The lowest BCUT2D eigenvalue weighted by Gasteiger charge is -2.24. The minimum Gasteiger partial charge on any atom is -0.508 e. The van der Waals surface area contributed by atoms with Gasteiger partial charge in [0.2, 0.25) is 5.95 Å². The van der Waals surface area contributed by atoms with Gasteiger partial charge in [-0.3, -0.25) is 0 Å². The molecule has 2 aromatic carbocycles. The molecule has 0 saturated heterocycles. The molecule has 3 aromatic rings. The summed E-state index contributed by atoms with van der Waals surface area (Å²) in [5, 5.41) is 9.91. The van der Waals surface area contributed by atoms with Crippen molar-refractivity contribution in [2.24, 2.45) is 0 Å². The third-order valence-corrected chi connectivity index (χ3v) is 5.19. The summed E-state index contributed by atoms with van der Waals surface area (Å²) in [5.74, 6) is 0.489. The number of ether oxygens (including phenoxy) is 1. The molecule has 0 saturated carbocycles. The lowest BCUT2D eigenvalue weighted by atomic mass is 10.0. The van der Waals surface area contributed by atoms with Crippen LogP contribution in [0.1, 0.15) is 34.7 Å². The minimum absolute atomic E-state index is 0.253. The second kappa shape index (κ2) is 9.89. The van der Waals surface area contributed by atoms with Gasteiger partial charge in [0.25, 0.3) is 0 Å². The number of aromatic hydroxyl groups is 1. The fraction of sp³-hybridized carbons (Fsp3) is 0.333. The third kappa shape index (κ3) is 6.35. The van der Waals surface area contributed by atoms with E-state index in [0.717, 1.165) is 28.7 Å². The number of anilines is 1. The van der Waals surface area contributed by atoms with Gasteiger partial charge in [-0.05, 0) is 72.7 Å². The summed E-state index contributed by atoms with van der Waals surface area (Å²) >= 11 is 0. The van der Waals surface area contributed by atoms with E-state index < -0.39 is 6.36 Å². The second-order valence-electron chi connectivity index (χ2n) is 7.68. The second-order valence-corrected chi connectivity index (χ2v) is 7.68. The first kappa shape index (κ1) is 23.4. The molecule has 0 unspecified atom stereocenters. The summed E-state index contributed by atoms with van der Waals surface area (Å²) in [7, 11) is 0. The zero-order chi connectivity index (χ0) is 23.3. The average Bonchev–Trinajstić information content (AvgIpc) is 2.73. The highest BCUT2D eigenvalue weighted by Crippen LogP contribution is 2.25. The van der Waals surface area contributed by atoms with E-state index in [2.05, 4.69) is 14.7 Å². The van der Waals surface area contributed by atoms with Gasteiger partial charge in [0.1, 0.15) is 11.5 Å². The molecule has 0 fully saturated rings. The van der Waals surface area contributed by atoms with E-state index in [4.69, 9.17) is 0 Å². The summed E-state index contributed by atoms with van der Waals surface area (Å²) in [6.07, 6.45) is 0.238. The van der Waals surface area contributed by atoms with E-state index in [9.17, 15) is 18.3 Å². The number of rotatable bonds is 8. The van der Waals surface area contributed by atoms with E-state index >= 15 is 0 Å². The Kier molecular flexibility index (Phi) is 7.22. The van der Waals surface area contributed by atoms with Crippen LogP contribution >= 0.6 is 0 Å². The maximum Gasteiger partial charge on any atom is 0.573 e. The lowest BCUT2D eigenvalue weighted by molar-refractivity contribution is -0.274. The fourth-order valence-electron chi connectivity index (χ4n) is 3.39. The van der Waals surface area contributed by atoms with Crippen LogP contribution in [0.5, 0.6) is 11.5 Å². The molecule has 3 rings (SSSR count). The number of hydrogen-bond acceptors (Lipinski definition) is 5. The van der Waals surface area contributed by atoms with Gasteiger partial charge in [-0.15, -0.1) is 13.2 Å². The molecule has 5 nitrogen and oxygen atoms in total. The van der Waals surface area contributed by atoms with Crippen LogP contribution in [-0.4, -0.2) is 28.0 Å². The van der Waals surface area contributed by atoms with Gasteiger partial charge in [0.05, 0.1) is 0 Å². The molecular formula is C24H26F3N3O2. The summed E-state index contributed by atoms with van der Waals surface area (Å²) in [6, 6.07) is 9.60. The van der Waals surface area contributed by atoms with Crippen molar-refractivity contribution in [1.82, 2.24) is 9.97 Å². The fourth-order valence-corrected chi connectivity index (χ4v) is 3.39. The topological polar surface area (TPSA) is 58.5 Å². The Labute approximate surface area is 185 Å². The van der Waals surface area contributed by atoms with E-state index in [1.807, 2.05) is 31.7 Å². The number of aromatic nitrogens is 2. The first-order chi connectivity index (χ1) is 15.1. The molecule has 1 N–H and O–H groups in total. The number of phenolic OH excluding ortho intramolecular Hbond substituents is 1. The van der Waals surface area contributed by atoms with Crippen molar-refractivity contribution in [2.45, 2.75) is 46.5 Å². The van der Waals surface area contributed by atoms with Gasteiger partial charge in [-0.2, -0.15) is 0 Å². The zero-order valence-electron chi connectivity index (χ0n) is 18.3. The van der Waals surface area contributed by atoms with Crippen molar-refractivity contribution in [3.05, 3.63) is 76.6 Å². The quantitative estimate of drug-likeness (QED) is 0.496. The van der Waals surface area contributed by atoms with Gasteiger partial charge in [0, 0.05) is 25.5 Å². The van der Waals surface area contributed by atoms with Crippen LogP contribution in [0.2, 0.25) is 0 Å². The summed E-state index contributed by atoms with van der Waals surface area (Å²) in [5.41, 5.74) is 4.48. The number of nitrogens with zero attached hydrogens (tertiary/aromatic N) is 3. The molecule has 0 spiro atoms. The molecule has 0 aliphatic carbocycles. The number of hydrogen-bond donors (Lipinski definition) is 1. The monoisotopic (exact) mass is 445 g/mol. The molecule has 32 heavy (non-hydrogen) atoms. The van der Waals surface area contributed by atoms with Crippen LogP contribution in [0, 0.1) is 13.8 Å². The van der Waals surface area contributed by atoms with Crippen molar-refractivity contribution in [3.8, 4) is 11.5 Å². The van der Waals surface area contributed by atoms with E-state index in [1.54, 1.807) is 24.5 Å². The summed E-state index contributed by atoms with van der Waals surface area (Å²) in [4.78, 5) is 10.8.